The summed E-state index contributed by atoms with van der Waals surface area (Å²) in [6, 6.07) is 13.2. The van der Waals surface area contributed by atoms with Crippen molar-refractivity contribution in [2.45, 2.75) is 5.75 Å². The molecular formula is C14H10N4O2S. The van der Waals surface area contributed by atoms with Crippen LogP contribution in [-0.4, -0.2) is 13.4 Å². The van der Waals surface area contributed by atoms with E-state index in [2.05, 4.69) is 9.71 Å². The van der Waals surface area contributed by atoms with Crippen LogP contribution in [0.1, 0.15) is 16.7 Å². The number of anilines is 1. The maximum atomic E-state index is 12.1. The second-order valence-corrected chi connectivity index (χ2v) is 5.90. The first kappa shape index (κ1) is 14.5. The largest absolute Gasteiger partial charge is 0.267 e. The van der Waals surface area contributed by atoms with E-state index in [4.69, 9.17) is 10.5 Å². The highest BCUT2D eigenvalue weighted by Gasteiger charge is 2.14. The van der Waals surface area contributed by atoms with Crippen LogP contribution in [-0.2, 0) is 15.8 Å². The number of hydrogen-bond acceptors (Lipinski definition) is 5. The van der Waals surface area contributed by atoms with Crippen LogP contribution in [0.4, 0.5) is 5.82 Å². The summed E-state index contributed by atoms with van der Waals surface area (Å²) >= 11 is 0. The molecule has 21 heavy (non-hydrogen) atoms. The molecule has 0 aliphatic rings. The van der Waals surface area contributed by atoms with E-state index in [-0.39, 0.29) is 11.6 Å². The van der Waals surface area contributed by atoms with Gasteiger partial charge in [0.05, 0.1) is 22.9 Å². The molecule has 0 aliphatic carbocycles. The van der Waals surface area contributed by atoms with Crippen LogP contribution < -0.4 is 4.72 Å². The van der Waals surface area contributed by atoms with E-state index < -0.39 is 10.0 Å². The van der Waals surface area contributed by atoms with E-state index in [1.165, 1.54) is 18.3 Å². The standard InChI is InChI=1S/C14H10N4O2S/c15-7-11-5-6-14(17-9-11)18-21(19,20)10-13-4-2-1-3-12(13)8-16/h1-6,9H,10H2,(H,17,18). The molecule has 0 saturated heterocycles. The van der Waals surface area contributed by atoms with Gasteiger partial charge in [-0.2, -0.15) is 10.5 Å². The fourth-order valence-corrected chi connectivity index (χ4v) is 2.85. The van der Waals surface area contributed by atoms with Crippen molar-refractivity contribution in [3.05, 3.63) is 59.3 Å². The number of hydrogen-bond donors (Lipinski definition) is 1. The number of nitrogens with zero attached hydrogens (tertiary/aromatic N) is 3. The fourth-order valence-electron chi connectivity index (χ4n) is 1.68. The molecule has 0 aliphatic heterocycles. The summed E-state index contributed by atoms with van der Waals surface area (Å²) in [7, 11) is -3.69. The third-order valence-electron chi connectivity index (χ3n) is 2.64. The van der Waals surface area contributed by atoms with Crippen molar-refractivity contribution in [1.29, 1.82) is 10.5 Å². The monoisotopic (exact) mass is 298 g/mol. The lowest BCUT2D eigenvalue weighted by atomic mass is 10.1. The lowest BCUT2D eigenvalue weighted by molar-refractivity contribution is 0.600. The first-order valence-electron chi connectivity index (χ1n) is 5.89. The van der Waals surface area contributed by atoms with Crippen molar-refractivity contribution in [2.24, 2.45) is 0 Å². The molecule has 0 saturated carbocycles. The topological polar surface area (TPSA) is 107 Å². The first-order chi connectivity index (χ1) is 10.0. The SMILES string of the molecule is N#Cc1ccc(NS(=O)(=O)Cc2ccccc2C#N)nc1. The zero-order chi connectivity index (χ0) is 15.3. The van der Waals surface area contributed by atoms with Gasteiger partial charge in [0.2, 0.25) is 10.0 Å². The highest BCUT2D eigenvalue weighted by molar-refractivity contribution is 7.91. The van der Waals surface area contributed by atoms with Gasteiger partial charge in [-0.1, -0.05) is 18.2 Å². The van der Waals surface area contributed by atoms with Crippen molar-refractivity contribution in [2.75, 3.05) is 4.72 Å². The van der Waals surface area contributed by atoms with Crippen molar-refractivity contribution in [3.63, 3.8) is 0 Å². The molecule has 6 nitrogen and oxygen atoms in total. The van der Waals surface area contributed by atoms with Crippen LogP contribution in [0, 0.1) is 22.7 Å². The van der Waals surface area contributed by atoms with Crippen LogP contribution in [0.25, 0.3) is 0 Å². The van der Waals surface area contributed by atoms with Gasteiger partial charge in [0.1, 0.15) is 11.9 Å². The van der Waals surface area contributed by atoms with E-state index in [1.807, 2.05) is 12.1 Å². The number of nitrogens with one attached hydrogen (secondary N) is 1. The molecule has 0 spiro atoms. The Hall–Kier alpha value is -2.90. The highest BCUT2D eigenvalue weighted by atomic mass is 32.2. The number of benzene rings is 1. The number of pyridine rings is 1. The zero-order valence-electron chi connectivity index (χ0n) is 10.8. The van der Waals surface area contributed by atoms with E-state index in [0.717, 1.165) is 0 Å². The van der Waals surface area contributed by atoms with E-state index in [9.17, 15) is 8.42 Å². The Kier molecular flexibility index (Phi) is 4.17. The Morgan fingerprint density at radius 1 is 1.10 bits per heavy atom. The molecular weight excluding hydrogens is 288 g/mol. The molecule has 0 radical (unpaired) electrons. The van der Waals surface area contributed by atoms with E-state index >= 15 is 0 Å². The minimum absolute atomic E-state index is 0.128. The number of rotatable bonds is 4. The maximum Gasteiger partial charge on any atom is 0.238 e. The summed E-state index contributed by atoms with van der Waals surface area (Å²) < 4.78 is 26.4. The summed E-state index contributed by atoms with van der Waals surface area (Å²) in [4.78, 5) is 3.84. The molecule has 1 N–H and O–H groups in total. The second-order valence-electron chi connectivity index (χ2n) is 4.17. The normalized spacial score (nSPS) is 10.4. The van der Waals surface area contributed by atoms with Crippen LogP contribution in [0.5, 0.6) is 0 Å². The molecule has 1 heterocycles. The van der Waals surface area contributed by atoms with Crippen molar-refractivity contribution >= 4 is 15.8 Å². The van der Waals surface area contributed by atoms with Crippen LogP contribution in [0.15, 0.2) is 42.6 Å². The highest BCUT2D eigenvalue weighted by Crippen LogP contribution is 2.14. The zero-order valence-corrected chi connectivity index (χ0v) is 11.6. The summed E-state index contributed by atoms with van der Waals surface area (Å²) in [5.74, 6) is -0.193. The number of sulfonamides is 1. The Labute approximate surface area is 122 Å². The maximum absolute atomic E-state index is 12.1. The Morgan fingerprint density at radius 2 is 1.86 bits per heavy atom. The molecule has 7 heteroatoms. The Bertz CT molecular complexity index is 831. The average Bonchev–Trinajstić information content (AvgIpc) is 2.47. The lowest BCUT2D eigenvalue weighted by Gasteiger charge is -2.08. The first-order valence-corrected chi connectivity index (χ1v) is 7.54. The minimum atomic E-state index is -3.69. The molecule has 104 valence electrons. The average molecular weight is 298 g/mol. The third kappa shape index (κ3) is 3.78. The molecule has 2 rings (SSSR count). The Morgan fingerprint density at radius 3 is 2.48 bits per heavy atom. The molecule has 2 aromatic rings. The summed E-state index contributed by atoms with van der Waals surface area (Å²) in [5, 5.41) is 17.6. The number of aromatic nitrogens is 1. The molecule has 0 fully saturated rings. The molecule has 0 unspecified atom stereocenters. The van der Waals surface area contributed by atoms with Gasteiger partial charge in [-0.25, -0.2) is 13.4 Å². The predicted octanol–water partition coefficient (Wildman–Crippen LogP) is 1.77. The van der Waals surface area contributed by atoms with Gasteiger partial charge in [0, 0.05) is 6.20 Å². The second kappa shape index (κ2) is 6.04. The van der Waals surface area contributed by atoms with Crippen LogP contribution in [0.2, 0.25) is 0 Å². The van der Waals surface area contributed by atoms with Crippen LogP contribution >= 0.6 is 0 Å². The fraction of sp³-hybridized carbons (Fsp3) is 0.0714. The van der Waals surface area contributed by atoms with Gasteiger partial charge in [-0.05, 0) is 23.8 Å². The molecule has 0 atom stereocenters. The molecule has 1 aromatic heterocycles. The summed E-state index contributed by atoms with van der Waals surface area (Å²) in [6.45, 7) is 0. The summed E-state index contributed by atoms with van der Waals surface area (Å²) in [6.07, 6.45) is 1.28. The van der Waals surface area contributed by atoms with Gasteiger partial charge >= 0.3 is 0 Å². The number of nitriles is 2. The van der Waals surface area contributed by atoms with E-state index in [0.29, 0.717) is 16.7 Å². The minimum Gasteiger partial charge on any atom is -0.267 e. The molecule has 0 amide bonds. The van der Waals surface area contributed by atoms with Gasteiger partial charge in [0.15, 0.2) is 0 Å². The third-order valence-corrected chi connectivity index (χ3v) is 3.85. The quantitative estimate of drug-likeness (QED) is 0.925. The molecule has 1 aromatic carbocycles. The van der Waals surface area contributed by atoms with Crippen molar-refractivity contribution < 1.29 is 8.42 Å². The summed E-state index contributed by atoms with van der Waals surface area (Å²) in [5.41, 5.74) is 1.07. The van der Waals surface area contributed by atoms with Gasteiger partial charge < -0.3 is 0 Å². The van der Waals surface area contributed by atoms with Gasteiger partial charge in [0.25, 0.3) is 0 Å². The van der Waals surface area contributed by atoms with Crippen LogP contribution in [0.3, 0.4) is 0 Å². The van der Waals surface area contributed by atoms with Gasteiger partial charge in [-0.15, -0.1) is 0 Å². The van der Waals surface area contributed by atoms with Gasteiger partial charge in [-0.3, -0.25) is 4.72 Å². The predicted molar refractivity (Wildman–Crippen MR) is 76.4 cm³/mol. The van der Waals surface area contributed by atoms with Crippen molar-refractivity contribution in [1.82, 2.24) is 4.98 Å². The smallest absolute Gasteiger partial charge is 0.238 e. The van der Waals surface area contributed by atoms with E-state index in [1.54, 1.807) is 24.3 Å². The Balaban J connectivity index is 2.19. The van der Waals surface area contributed by atoms with Crippen molar-refractivity contribution in [3.8, 4) is 12.1 Å². The lowest BCUT2D eigenvalue weighted by Crippen LogP contribution is -2.16. The molecule has 0 bridgehead atoms.